The fraction of sp³-hybridized carbons (Fsp3) is 0.444. The minimum atomic E-state index is -0.846. The maximum absolute atomic E-state index is 12.8. The Kier molecular flexibility index (Phi) is 6.50. The molecule has 9 nitrogen and oxygen atoms in total. The quantitative estimate of drug-likeness (QED) is 0.649. The summed E-state index contributed by atoms with van der Waals surface area (Å²) in [6.45, 7) is 2.64. The van der Waals surface area contributed by atoms with Crippen LogP contribution >= 0.6 is 0 Å². The molecule has 0 bridgehead atoms. The number of amides is 1. The molecule has 3 N–H and O–H groups in total. The standard InChI is InChI=1S/C18H24N6O3/c25-13-15(26)12-22-16-4-3-14(11-21-16)17(27)23-7-2-8-24(10-9-23)18-19-5-1-6-20-18/h1,3-6,11,15,25-26H,2,7-10,12-13H2,(H,21,22). The highest BCUT2D eigenvalue weighted by molar-refractivity contribution is 5.94. The minimum Gasteiger partial charge on any atom is -0.394 e. The average molecular weight is 372 g/mol. The fourth-order valence-corrected chi connectivity index (χ4v) is 2.87. The van der Waals surface area contributed by atoms with Gasteiger partial charge in [-0.3, -0.25) is 4.79 Å². The molecule has 1 aliphatic heterocycles. The van der Waals surface area contributed by atoms with E-state index in [1.54, 1.807) is 30.6 Å². The van der Waals surface area contributed by atoms with Gasteiger partial charge in [0.25, 0.3) is 5.91 Å². The fourth-order valence-electron chi connectivity index (χ4n) is 2.87. The van der Waals surface area contributed by atoms with Gasteiger partial charge in [-0.1, -0.05) is 0 Å². The Morgan fingerprint density at radius 1 is 1.15 bits per heavy atom. The first-order chi connectivity index (χ1) is 13.2. The Hall–Kier alpha value is -2.78. The Morgan fingerprint density at radius 2 is 1.96 bits per heavy atom. The molecule has 1 fully saturated rings. The predicted octanol–water partition coefficient (Wildman–Crippen LogP) is -0.0108. The Bertz CT molecular complexity index is 728. The number of rotatable bonds is 6. The molecule has 1 unspecified atom stereocenters. The molecule has 0 spiro atoms. The van der Waals surface area contributed by atoms with Crippen LogP contribution in [0.2, 0.25) is 0 Å². The van der Waals surface area contributed by atoms with E-state index < -0.39 is 6.10 Å². The number of hydrogen-bond donors (Lipinski definition) is 3. The van der Waals surface area contributed by atoms with Crippen molar-refractivity contribution in [3.8, 4) is 0 Å². The molecule has 0 radical (unpaired) electrons. The second-order valence-corrected chi connectivity index (χ2v) is 6.33. The van der Waals surface area contributed by atoms with E-state index in [0.29, 0.717) is 37.0 Å². The van der Waals surface area contributed by atoms with Gasteiger partial charge in [0.1, 0.15) is 5.82 Å². The summed E-state index contributed by atoms with van der Waals surface area (Å²) in [5.74, 6) is 1.18. The van der Waals surface area contributed by atoms with Crippen molar-refractivity contribution in [3.63, 3.8) is 0 Å². The lowest BCUT2D eigenvalue weighted by Crippen LogP contribution is -2.35. The number of aliphatic hydroxyl groups excluding tert-OH is 2. The SMILES string of the molecule is O=C(c1ccc(NCC(O)CO)nc1)N1CCCN(c2ncccn2)CC1. The molecule has 3 rings (SSSR count). The number of nitrogens with zero attached hydrogens (tertiary/aromatic N) is 5. The lowest BCUT2D eigenvalue weighted by Gasteiger charge is -2.22. The van der Waals surface area contributed by atoms with Crippen molar-refractivity contribution < 1.29 is 15.0 Å². The highest BCUT2D eigenvalue weighted by Crippen LogP contribution is 2.13. The number of aromatic nitrogens is 3. The third-order valence-electron chi connectivity index (χ3n) is 4.36. The van der Waals surface area contributed by atoms with Crippen LogP contribution in [-0.4, -0.2) is 81.4 Å². The van der Waals surface area contributed by atoms with Gasteiger partial charge in [-0.15, -0.1) is 0 Å². The number of pyridine rings is 1. The lowest BCUT2D eigenvalue weighted by molar-refractivity contribution is 0.0766. The second-order valence-electron chi connectivity index (χ2n) is 6.33. The van der Waals surface area contributed by atoms with Crippen LogP contribution < -0.4 is 10.2 Å². The summed E-state index contributed by atoms with van der Waals surface area (Å²) in [7, 11) is 0. The summed E-state index contributed by atoms with van der Waals surface area (Å²) in [5, 5.41) is 21.1. The van der Waals surface area contributed by atoms with Crippen LogP contribution in [0.15, 0.2) is 36.8 Å². The summed E-state index contributed by atoms with van der Waals surface area (Å²) in [6.07, 6.45) is 4.96. The van der Waals surface area contributed by atoms with Crippen molar-refractivity contribution in [1.29, 1.82) is 0 Å². The molecule has 3 heterocycles. The molecule has 9 heteroatoms. The van der Waals surface area contributed by atoms with E-state index in [1.165, 1.54) is 6.20 Å². The average Bonchev–Trinajstić information content (AvgIpc) is 2.99. The maximum atomic E-state index is 12.8. The number of anilines is 2. The summed E-state index contributed by atoms with van der Waals surface area (Å²) in [5.41, 5.74) is 0.521. The number of hydrogen-bond acceptors (Lipinski definition) is 8. The Morgan fingerprint density at radius 3 is 2.67 bits per heavy atom. The first-order valence-corrected chi connectivity index (χ1v) is 8.97. The zero-order chi connectivity index (χ0) is 19.1. The van der Waals surface area contributed by atoms with Crippen molar-refractivity contribution in [2.24, 2.45) is 0 Å². The first kappa shape index (κ1) is 19.0. The lowest BCUT2D eigenvalue weighted by atomic mass is 10.2. The number of nitrogens with one attached hydrogen (secondary N) is 1. The van der Waals surface area contributed by atoms with Crippen LogP contribution in [0, 0.1) is 0 Å². The normalized spacial score (nSPS) is 15.9. The third-order valence-corrected chi connectivity index (χ3v) is 4.36. The van der Waals surface area contributed by atoms with Crippen LogP contribution in [0.5, 0.6) is 0 Å². The molecule has 1 aliphatic rings. The molecule has 2 aromatic rings. The van der Waals surface area contributed by atoms with Gasteiger partial charge in [0.2, 0.25) is 5.95 Å². The first-order valence-electron chi connectivity index (χ1n) is 8.97. The molecule has 0 aliphatic carbocycles. The third kappa shape index (κ3) is 5.11. The Balaban J connectivity index is 1.57. The molecular weight excluding hydrogens is 348 g/mol. The predicted molar refractivity (Wildman–Crippen MR) is 101 cm³/mol. The second kappa shape index (κ2) is 9.24. The highest BCUT2D eigenvalue weighted by atomic mass is 16.3. The van der Waals surface area contributed by atoms with E-state index in [9.17, 15) is 9.90 Å². The summed E-state index contributed by atoms with van der Waals surface area (Å²) < 4.78 is 0. The number of carbonyl (C=O) groups is 1. The van der Waals surface area contributed by atoms with E-state index in [-0.39, 0.29) is 19.1 Å². The summed E-state index contributed by atoms with van der Waals surface area (Å²) >= 11 is 0. The minimum absolute atomic E-state index is 0.0553. The zero-order valence-corrected chi connectivity index (χ0v) is 15.0. The largest absolute Gasteiger partial charge is 0.394 e. The maximum Gasteiger partial charge on any atom is 0.255 e. The monoisotopic (exact) mass is 372 g/mol. The smallest absolute Gasteiger partial charge is 0.255 e. The molecule has 0 aromatic carbocycles. The van der Waals surface area contributed by atoms with Crippen LogP contribution in [-0.2, 0) is 0 Å². The van der Waals surface area contributed by atoms with E-state index in [4.69, 9.17) is 5.11 Å². The van der Waals surface area contributed by atoms with E-state index >= 15 is 0 Å². The number of carbonyl (C=O) groups excluding carboxylic acids is 1. The van der Waals surface area contributed by atoms with Crippen molar-refractivity contribution in [2.75, 3.05) is 49.5 Å². The van der Waals surface area contributed by atoms with Gasteiger partial charge in [-0.25, -0.2) is 15.0 Å². The summed E-state index contributed by atoms with van der Waals surface area (Å²) in [4.78, 5) is 29.4. The van der Waals surface area contributed by atoms with Crippen molar-refractivity contribution in [3.05, 3.63) is 42.4 Å². The van der Waals surface area contributed by atoms with Gasteiger partial charge in [0.15, 0.2) is 0 Å². The van der Waals surface area contributed by atoms with Gasteiger partial charge >= 0.3 is 0 Å². The van der Waals surface area contributed by atoms with E-state index in [2.05, 4.69) is 25.2 Å². The van der Waals surface area contributed by atoms with E-state index in [0.717, 1.165) is 13.0 Å². The molecule has 2 aromatic heterocycles. The molecule has 1 atom stereocenters. The topological polar surface area (TPSA) is 115 Å². The Labute approximate surface area is 157 Å². The molecular formula is C18H24N6O3. The van der Waals surface area contributed by atoms with E-state index in [1.807, 2.05) is 4.90 Å². The van der Waals surface area contributed by atoms with Gasteiger partial charge < -0.3 is 25.3 Å². The highest BCUT2D eigenvalue weighted by Gasteiger charge is 2.21. The van der Waals surface area contributed by atoms with Crippen molar-refractivity contribution >= 4 is 17.7 Å². The molecule has 27 heavy (non-hydrogen) atoms. The zero-order valence-electron chi connectivity index (χ0n) is 15.0. The van der Waals surface area contributed by atoms with Crippen LogP contribution in [0.25, 0.3) is 0 Å². The number of aliphatic hydroxyl groups is 2. The van der Waals surface area contributed by atoms with Crippen LogP contribution in [0.1, 0.15) is 16.8 Å². The van der Waals surface area contributed by atoms with Gasteiger partial charge in [0.05, 0.1) is 18.3 Å². The van der Waals surface area contributed by atoms with Crippen LogP contribution in [0.3, 0.4) is 0 Å². The molecule has 144 valence electrons. The molecule has 0 saturated carbocycles. The molecule has 1 saturated heterocycles. The molecule has 1 amide bonds. The van der Waals surface area contributed by atoms with Gasteiger partial charge in [-0.05, 0) is 24.6 Å². The summed E-state index contributed by atoms with van der Waals surface area (Å²) in [6, 6.07) is 5.19. The van der Waals surface area contributed by atoms with Crippen molar-refractivity contribution in [1.82, 2.24) is 19.9 Å². The van der Waals surface area contributed by atoms with Crippen molar-refractivity contribution in [2.45, 2.75) is 12.5 Å². The van der Waals surface area contributed by atoms with Gasteiger partial charge in [0, 0.05) is 51.3 Å². The van der Waals surface area contributed by atoms with Crippen LogP contribution in [0.4, 0.5) is 11.8 Å². The van der Waals surface area contributed by atoms with Gasteiger partial charge in [-0.2, -0.15) is 0 Å².